The van der Waals surface area contributed by atoms with Crippen molar-refractivity contribution in [2.24, 2.45) is 33.5 Å². The lowest BCUT2D eigenvalue weighted by molar-refractivity contribution is -0.160. The number of hydrogen-bond acceptors (Lipinski definition) is 18. The Bertz CT molecular complexity index is 2580. The van der Waals surface area contributed by atoms with Crippen LogP contribution < -0.4 is 0 Å². The summed E-state index contributed by atoms with van der Waals surface area (Å²) in [5.41, 5.74) is -2.71. The standard InChI is InChI=1S/2C29H35NO8/c2*1-7-11-30(12-8-2)14-17-23-26(34)25(33)22-18-9-10-20(32)28(18,4)13-19(37-16(3)31)24(22)29(23,5)21(15-36-6)38-27(17)35/h2*7-8,14,18-19,21,34H,1-2,9-13,15H2,3-6H3/b2*17-14+/t2*18-,19+,21+,28-,29-/m00/s1. The van der Waals surface area contributed by atoms with Crippen LogP contribution in [0.3, 0.4) is 0 Å². The van der Waals surface area contributed by atoms with Gasteiger partial charge in [0, 0.05) is 137 Å². The molecule has 0 bridgehead atoms. The fourth-order valence-corrected chi connectivity index (χ4v) is 13.6. The van der Waals surface area contributed by atoms with Gasteiger partial charge in [-0.1, -0.05) is 38.2 Å². The number of ether oxygens (including phenoxy) is 6. The van der Waals surface area contributed by atoms with E-state index in [2.05, 4.69) is 26.3 Å². The van der Waals surface area contributed by atoms with Gasteiger partial charge in [0.1, 0.15) is 36.0 Å². The van der Waals surface area contributed by atoms with Crippen LogP contribution in [-0.2, 0) is 66.8 Å². The first-order valence-corrected chi connectivity index (χ1v) is 25.5. The van der Waals surface area contributed by atoms with Gasteiger partial charge in [0.2, 0.25) is 11.6 Å². The minimum atomic E-state index is -1.27. The van der Waals surface area contributed by atoms with E-state index in [4.69, 9.17) is 28.4 Å². The Balaban J connectivity index is 0.000000221. The lowest BCUT2D eigenvalue weighted by atomic mass is 9.53. The molecule has 0 radical (unpaired) electrons. The van der Waals surface area contributed by atoms with Crippen LogP contribution >= 0.6 is 0 Å². The average molecular weight is 1050 g/mol. The third-order valence-corrected chi connectivity index (χ3v) is 16.9. The zero-order valence-electron chi connectivity index (χ0n) is 44.7. The van der Waals surface area contributed by atoms with Gasteiger partial charge in [-0.05, 0) is 37.8 Å². The summed E-state index contributed by atoms with van der Waals surface area (Å²) in [7, 11) is 2.92. The van der Waals surface area contributed by atoms with Crippen LogP contribution in [0.15, 0.2) is 119 Å². The van der Waals surface area contributed by atoms with Crippen molar-refractivity contribution in [3.8, 4) is 0 Å². The topological polar surface area (TPSA) is 239 Å². The molecular formula is C58H70N2O16. The summed E-state index contributed by atoms with van der Waals surface area (Å²) < 4.78 is 34.2. The van der Waals surface area contributed by atoms with Crippen LogP contribution in [-0.4, -0.2) is 145 Å². The van der Waals surface area contributed by atoms with Gasteiger partial charge in [-0.25, -0.2) is 9.59 Å². The van der Waals surface area contributed by atoms with E-state index >= 15 is 0 Å². The lowest BCUT2D eigenvalue weighted by Crippen LogP contribution is -2.57. The number of aliphatic hydroxyl groups excluding tert-OH is 2. The number of aliphatic hydroxyl groups is 2. The van der Waals surface area contributed by atoms with Gasteiger partial charge in [0.25, 0.3) is 0 Å². The third kappa shape index (κ3) is 9.13. The van der Waals surface area contributed by atoms with E-state index < -0.39 is 105 Å². The maximum atomic E-state index is 14.0. The Kier molecular flexibility index (Phi) is 16.1. The number of rotatable bonds is 16. The molecule has 2 heterocycles. The highest BCUT2D eigenvalue weighted by atomic mass is 16.6. The molecular weight excluding hydrogens is 981 g/mol. The van der Waals surface area contributed by atoms with Gasteiger partial charge >= 0.3 is 23.9 Å². The molecule has 10 atom stereocenters. The van der Waals surface area contributed by atoms with Crippen LogP contribution in [0.2, 0.25) is 0 Å². The zero-order chi connectivity index (χ0) is 56.0. The molecule has 2 saturated carbocycles. The van der Waals surface area contributed by atoms with Gasteiger partial charge in [-0.3, -0.25) is 28.8 Å². The van der Waals surface area contributed by atoms with Crippen molar-refractivity contribution in [3.63, 3.8) is 0 Å². The summed E-state index contributed by atoms with van der Waals surface area (Å²) in [5.74, 6) is -5.98. The average Bonchev–Trinajstić information content (AvgIpc) is 3.89. The maximum Gasteiger partial charge on any atom is 0.340 e. The van der Waals surface area contributed by atoms with Crippen LogP contribution in [0.1, 0.15) is 80.1 Å². The first kappa shape index (κ1) is 56.8. The minimum Gasteiger partial charge on any atom is -0.504 e. The quantitative estimate of drug-likeness (QED) is 0.0749. The van der Waals surface area contributed by atoms with Crippen molar-refractivity contribution in [3.05, 3.63) is 119 Å². The summed E-state index contributed by atoms with van der Waals surface area (Å²) in [5, 5.41) is 23.0. The van der Waals surface area contributed by atoms with Crippen molar-refractivity contribution in [1.29, 1.82) is 0 Å². The first-order valence-electron chi connectivity index (χ1n) is 25.5. The van der Waals surface area contributed by atoms with Crippen LogP contribution in [0.5, 0.6) is 0 Å². The molecule has 2 aliphatic heterocycles. The third-order valence-electron chi connectivity index (χ3n) is 16.9. The predicted octanol–water partition coefficient (Wildman–Crippen LogP) is 6.27. The molecule has 2 saturated heterocycles. The number of allylic oxidation sites excluding steroid dienone is 2. The molecule has 408 valence electrons. The number of hydrogen-bond donors (Lipinski definition) is 2. The van der Waals surface area contributed by atoms with Gasteiger partial charge < -0.3 is 48.4 Å². The molecule has 18 nitrogen and oxygen atoms in total. The normalized spacial score (nSPS) is 33.4. The lowest BCUT2D eigenvalue weighted by Gasteiger charge is -2.53. The number of carbonyl (C=O) groups is 8. The maximum absolute atomic E-state index is 14.0. The Morgan fingerprint density at radius 2 is 0.934 bits per heavy atom. The number of ketones is 4. The molecule has 18 heteroatoms. The fraction of sp³-hybridized carbons (Fsp3) is 0.517. The number of nitrogens with zero attached hydrogens (tertiary/aromatic N) is 2. The molecule has 8 aliphatic rings. The Morgan fingerprint density at radius 3 is 1.22 bits per heavy atom. The SMILES string of the molecule is C=CCN(/C=C1/C(=O)O[C@H](COC)[C@@]2(C)C1=C(O)C(=O)C1=C2[C@H](OC(C)=O)C[C@]2(C)C(=O)CC[C@@H]12)CC=C.C=CCN(/C=C1/C(=O)O[C@H](COC)[C@@]2(C)C1=C(O)C(=O)C1=C2[C@H](OC(C)=O)C[C@]2(C)C(=O)CC[C@@H]12)CC=C. The van der Waals surface area contributed by atoms with E-state index in [0.29, 0.717) is 50.2 Å². The van der Waals surface area contributed by atoms with Gasteiger partial charge in [-0.2, -0.15) is 0 Å². The fourth-order valence-electron chi connectivity index (χ4n) is 13.6. The smallest absolute Gasteiger partial charge is 0.340 e. The van der Waals surface area contributed by atoms with E-state index in [1.807, 2.05) is 0 Å². The Labute approximate surface area is 443 Å². The van der Waals surface area contributed by atoms with Crippen LogP contribution in [0.4, 0.5) is 0 Å². The molecule has 8 rings (SSSR count). The molecule has 0 aromatic heterocycles. The highest BCUT2D eigenvalue weighted by Crippen LogP contribution is 2.64. The number of methoxy groups -OCH3 is 2. The van der Waals surface area contributed by atoms with E-state index in [-0.39, 0.29) is 83.9 Å². The monoisotopic (exact) mass is 1050 g/mol. The number of cyclic esters (lactones) is 2. The van der Waals surface area contributed by atoms with Crippen molar-refractivity contribution < 1.29 is 77.0 Å². The summed E-state index contributed by atoms with van der Waals surface area (Å²) in [6.07, 6.45) is 7.77. The predicted molar refractivity (Wildman–Crippen MR) is 275 cm³/mol. The molecule has 0 aromatic rings. The molecule has 4 fully saturated rings. The Hall–Kier alpha value is -6.92. The molecule has 0 amide bonds. The first-order chi connectivity index (χ1) is 35.9. The highest BCUT2D eigenvalue weighted by molar-refractivity contribution is 6.15. The summed E-state index contributed by atoms with van der Waals surface area (Å²) in [6.45, 7) is 26.1. The van der Waals surface area contributed by atoms with E-state index in [9.17, 15) is 48.6 Å². The highest BCUT2D eigenvalue weighted by Gasteiger charge is 2.66. The molecule has 0 aromatic carbocycles. The summed E-state index contributed by atoms with van der Waals surface area (Å²) in [4.78, 5) is 109. The largest absolute Gasteiger partial charge is 0.504 e. The number of fused-ring (bicyclic) bond motifs is 8. The van der Waals surface area contributed by atoms with Crippen molar-refractivity contribution >= 4 is 47.0 Å². The Morgan fingerprint density at radius 1 is 0.605 bits per heavy atom. The zero-order valence-corrected chi connectivity index (χ0v) is 44.7. The van der Waals surface area contributed by atoms with E-state index in [0.717, 1.165) is 0 Å². The van der Waals surface area contributed by atoms with E-state index in [1.54, 1.807) is 61.8 Å². The molecule has 76 heavy (non-hydrogen) atoms. The van der Waals surface area contributed by atoms with Crippen molar-refractivity contribution in [1.82, 2.24) is 9.80 Å². The van der Waals surface area contributed by atoms with Crippen LogP contribution in [0.25, 0.3) is 0 Å². The molecule has 0 spiro atoms. The van der Waals surface area contributed by atoms with Crippen LogP contribution in [0, 0.1) is 33.5 Å². The van der Waals surface area contributed by atoms with Crippen molar-refractivity contribution in [2.75, 3.05) is 53.6 Å². The minimum absolute atomic E-state index is 0.00740. The summed E-state index contributed by atoms with van der Waals surface area (Å²) in [6, 6.07) is 0. The molecule has 2 N–H and O–H groups in total. The molecule has 6 aliphatic carbocycles. The van der Waals surface area contributed by atoms with Gasteiger partial charge in [0.05, 0.1) is 35.2 Å². The number of carbonyl (C=O) groups excluding carboxylic acids is 8. The second kappa shape index (κ2) is 21.6. The van der Waals surface area contributed by atoms with Crippen molar-refractivity contribution in [2.45, 2.75) is 104 Å². The van der Waals surface area contributed by atoms with E-state index in [1.165, 1.54) is 40.5 Å². The number of Topliss-reactive ketones (excluding diaryl/α,β-unsaturated/α-hetero) is 4. The second-order valence-corrected chi connectivity index (χ2v) is 21.5. The second-order valence-electron chi connectivity index (χ2n) is 21.5. The summed E-state index contributed by atoms with van der Waals surface area (Å²) >= 11 is 0. The molecule has 0 unspecified atom stereocenters. The van der Waals surface area contributed by atoms with Gasteiger partial charge in [-0.15, -0.1) is 26.3 Å². The van der Waals surface area contributed by atoms with Gasteiger partial charge in [0.15, 0.2) is 11.5 Å². The number of esters is 4.